The van der Waals surface area contributed by atoms with Gasteiger partial charge in [-0.2, -0.15) is 4.98 Å². The van der Waals surface area contributed by atoms with Crippen molar-refractivity contribution in [2.24, 2.45) is 10.9 Å². The average molecular weight is 569 g/mol. The summed E-state index contributed by atoms with van der Waals surface area (Å²) in [5.74, 6) is 2.76. The molecular formula is C30H44N6O3S. The molecule has 0 amide bonds. The minimum absolute atomic E-state index is 0.153. The summed E-state index contributed by atoms with van der Waals surface area (Å²) >= 11 is 0. The van der Waals surface area contributed by atoms with Crippen LogP contribution in [0.15, 0.2) is 35.2 Å². The molecule has 0 spiro atoms. The largest absolute Gasteiger partial charge is 0.393 e. The highest BCUT2D eigenvalue weighted by Crippen LogP contribution is 2.39. The van der Waals surface area contributed by atoms with Crippen LogP contribution in [0.3, 0.4) is 0 Å². The molecule has 2 saturated heterocycles. The molecule has 0 radical (unpaired) electrons. The topological polar surface area (TPSA) is 111 Å². The number of anilines is 3. The number of hydrogen-bond acceptors (Lipinski definition) is 9. The number of aliphatic hydroxyl groups is 1. The number of aliphatic hydroxyl groups excluding tert-OH is 1. The zero-order chi connectivity index (χ0) is 29.2. The maximum absolute atomic E-state index is 11.7. The Hall–Kier alpha value is -2.98. The molecular weight excluding hydrogens is 524 g/mol. The minimum atomic E-state index is -2.96. The van der Waals surface area contributed by atoms with E-state index in [0.717, 1.165) is 23.4 Å². The smallest absolute Gasteiger partial charge is 0.227 e. The fourth-order valence-electron chi connectivity index (χ4n) is 5.84. The number of piperidine rings is 1. The second kappa shape index (κ2) is 12.3. The normalized spacial score (nSPS) is 23.8. The van der Waals surface area contributed by atoms with Gasteiger partial charge in [0.2, 0.25) is 5.95 Å². The van der Waals surface area contributed by atoms with Crippen LogP contribution in [0.2, 0.25) is 0 Å². The Bertz CT molecular complexity index is 1360. The van der Waals surface area contributed by atoms with Crippen LogP contribution in [-0.4, -0.2) is 73.5 Å². The molecule has 2 N–H and O–H groups in total. The predicted octanol–water partition coefficient (Wildman–Crippen LogP) is 4.63. The molecule has 0 aliphatic carbocycles. The van der Waals surface area contributed by atoms with Crippen molar-refractivity contribution in [3.05, 3.63) is 46.9 Å². The lowest BCUT2D eigenvalue weighted by Crippen LogP contribution is -2.55. The van der Waals surface area contributed by atoms with E-state index in [1.54, 1.807) is 6.20 Å². The first kappa shape index (κ1) is 30.0. The monoisotopic (exact) mass is 568 g/mol. The Morgan fingerprint density at radius 2 is 2.02 bits per heavy atom. The van der Waals surface area contributed by atoms with E-state index in [0.29, 0.717) is 55.2 Å². The molecule has 3 heterocycles. The van der Waals surface area contributed by atoms with Gasteiger partial charge in [-0.1, -0.05) is 19.9 Å². The Balaban J connectivity index is 1.58. The third kappa shape index (κ3) is 6.83. The zero-order valence-electron chi connectivity index (χ0n) is 24.6. The van der Waals surface area contributed by atoms with Crippen molar-refractivity contribution in [1.82, 2.24) is 9.97 Å². The highest BCUT2D eigenvalue weighted by atomic mass is 32.2. The summed E-state index contributed by atoms with van der Waals surface area (Å²) in [5, 5.41) is 13.3. The summed E-state index contributed by atoms with van der Waals surface area (Å²) in [6, 6.07) is 6.62. The lowest BCUT2D eigenvalue weighted by molar-refractivity contribution is 0.131. The molecule has 0 unspecified atom stereocenters. The fourth-order valence-corrected chi connectivity index (χ4v) is 6.57. The van der Waals surface area contributed by atoms with E-state index < -0.39 is 9.84 Å². The van der Waals surface area contributed by atoms with E-state index in [1.807, 2.05) is 12.1 Å². The van der Waals surface area contributed by atoms with E-state index >= 15 is 0 Å². The van der Waals surface area contributed by atoms with E-state index in [-0.39, 0.29) is 23.9 Å². The zero-order valence-corrected chi connectivity index (χ0v) is 25.4. The fraction of sp³-hybridized carbons (Fsp3) is 0.567. The molecule has 2 fully saturated rings. The van der Waals surface area contributed by atoms with Crippen LogP contribution in [0.1, 0.15) is 69.6 Å². The van der Waals surface area contributed by atoms with Gasteiger partial charge in [0, 0.05) is 43.3 Å². The van der Waals surface area contributed by atoms with E-state index in [2.05, 4.69) is 78.6 Å². The predicted molar refractivity (Wildman–Crippen MR) is 165 cm³/mol. The van der Waals surface area contributed by atoms with Crippen LogP contribution >= 0.6 is 0 Å². The molecule has 2 aromatic rings. The standard InChI is InChI=1S/C30H44N6O3S/c1-19(2)25-8-9-27(36-18-23(22(36)5)12-15-40(7,38)39)21(4)26(25)17-29(31-6)33-28-10-13-32-30(34-28)35-14-11-24(37)16-20(35)3/h8-10,13,17,19-20,22-24,37H,6,11-12,14-16,18H2,1-5,7H3,(H,32,33,34)/b29-17+/t20-,22+,23-,24+/m0/s1. The lowest BCUT2D eigenvalue weighted by atomic mass is 9.85. The van der Waals surface area contributed by atoms with Crippen LogP contribution in [0, 0.1) is 12.8 Å². The maximum Gasteiger partial charge on any atom is 0.227 e. The molecule has 0 bridgehead atoms. The van der Waals surface area contributed by atoms with Crippen LogP contribution in [0.5, 0.6) is 0 Å². The summed E-state index contributed by atoms with van der Waals surface area (Å²) in [6.45, 7) is 16.1. The molecule has 10 heteroatoms. The number of rotatable bonds is 10. The van der Waals surface area contributed by atoms with Gasteiger partial charge in [0.15, 0.2) is 0 Å². The summed E-state index contributed by atoms with van der Waals surface area (Å²) in [4.78, 5) is 18.0. The van der Waals surface area contributed by atoms with Crippen molar-refractivity contribution in [3.8, 4) is 0 Å². The first-order valence-electron chi connectivity index (χ1n) is 14.2. The van der Waals surface area contributed by atoms with Crippen LogP contribution in [0.25, 0.3) is 6.08 Å². The van der Waals surface area contributed by atoms with Crippen molar-refractivity contribution in [3.63, 3.8) is 0 Å². The van der Waals surface area contributed by atoms with Crippen LogP contribution < -0.4 is 15.1 Å². The number of hydrogen-bond donors (Lipinski definition) is 2. The Labute approximate surface area is 239 Å². The second-order valence-electron chi connectivity index (χ2n) is 11.7. The third-order valence-electron chi connectivity index (χ3n) is 8.37. The first-order chi connectivity index (χ1) is 18.9. The summed E-state index contributed by atoms with van der Waals surface area (Å²) in [6.07, 6.45) is 6.89. The van der Waals surface area contributed by atoms with Crippen molar-refractivity contribution in [2.75, 3.05) is 40.2 Å². The molecule has 40 heavy (non-hydrogen) atoms. The van der Waals surface area contributed by atoms with Crippen molar-refractivity contribution >= 4 is 40.1 Å². The Morgan fingerprint density at radius 3 is 2.65 bits per heavy atom. The number of aromatic nitrogens is 2. The maximum atomic E-state index is 11.7. The Kier molecular flexibility index (Phi) is 9.19. The quantitative estimate of drug-likeness (QED) is 0.399. The first-order valence-corrected chi connectivity index (χ1v) is 16.2. The minimum Gasteiger partial charge on any atom is -0.393 e. The van der Waals surface area contributed by atoms with Gasteiger partial charge in [0.05, 0.1) is 11.9 Å². The third-order valence-corrected chi connectivity index (χ3v) is 9.35. The van der Waals surface area contributed by atoms with Gasteiger partial charge in [-0.15, -0.1) is 0 Å². The molecule has 218 valence electrons. The number of nitrogens with zero attached hydrogens (tertiary/aromatic N) is 5. The van der Waals surface area contributed by atoms with Gasteiger partial charge in [0.25, 0.3) is 0 Å². The van der Waals surface area contributed by atoms with Crippen LogP contribution in [-0.2, 0) is 9.84 Å². The summed E-state index contributed by atoms with van der Waals surface area (Å²) in [5.41, 5.74) is 4.64. The summed E-state index contributed by atoms with van der Waals surface area (Å²) < 4.78 is 23.3. The average Bonchev–Trinajstić information content (AvgIpc) is 2.88. The van der Waals surface area contributed by atoms with E-state index in [1.165, 1.54) is 11.8 Å². The lowest BCUT2D eigenvalue weighted by Gasteiger charge is -2.49. The number of benzene rings is 1. The molecule has 2 aliphatic rings. The van der Waals surface area contributed by atoms with Gasteiger partial charge >= 0.3 is 0 Å². The molecule has 1 aromatic heterocycles. The SMILES string of the molecule is C=N/C(=C\c1c(C(C)C)ccc(N2C[C@H](CCS(C)(=O)=O)[C@H]2C)c1C)Nc1ccnc(N2CC[C@@H](O)C[C@@H]2C)n1. The molecule has 2 aliphatic heterocycles. The molecule has 0 saturated carbocycles. The van der Waals surface area contributed by atoms with Gasteiger partial charge in [-0.3, -0.25) is 0 Å². The highest BCUT2D eigenvalue weighted by molar-refractivity contribution is 7.90. The molecule has 4 atom stereocenters. The van der Waals surface area contributed by atoms with Gasteiger partial charge in [0.1, 0.15) is 21.5 Å². The molecule has 4 rings (SSSR count). The Morgan fingerprint density at radius 1 is 1.27 bits per heavy atom. The van der Waals surface area contributed by atoms with Gasteiger partial charge in [-0.05, 0) is 93.5 Å². The second-order valence-corrected chi connectivity index (χ2v) is 14.0. The highest BCUT2D eigenvalue weighted by Gasteiger charge is 2.36. The number of nitrogens with one attached hydrogen (secondary N) is 1. The number of aliphatic imine (C=N–C) groups is 1. The number of sulfone groups is 1. The van der Waals surface area contributed by atoms with E-state index in [9.17, 15) is 13.5 Å². The van der Waals surface area contributed by atoms with Gasteiger partial charge in [-0.25, -0.2) is 18.4 Å². The summed E-state index contributed by atoms with van der Waals surface area (Å²) in [7, 11) is -2.96. The van der Waals surface area contributed by atoms with Crippen molar-refractivity contribution < 1.29 is 13.5 Å². The van der Waals surface area contributed by atoms with Crippen molar-refractivity contribution in [1.29, 1.82) is 0 Å². The van der Waals surface area contributed by atoms with Gasteiger partial charge < -0.3 is 20.2 Å². The van der Waals surface area contributed by atoms with Crippen LogP contribution in [0.4, 0.5) is 17.5 Å². The molecule has 1 aromatic carbocycles. The molecule has 9 nitrogen and oxygen atoms in total. The van der Waals surface area contributed by atoms with Crippen molar-refractivity contribution in [2.45, 2.75) is 78.0 Å². The van der Waals surface area contributed by atoms with E-state index in [4.69, 9.17) is 4.98 Å².